The number of benzene rings is 1. The van der Waals surface area contributed by atoms with Crippen molar-refractivity contribution in [1.82, 2.24) is 4.31 Å². The summed E-state index contributed by atoms with van der Waals surface area (Å²) in [6.07, 6.45) is 0.623. The van der Waals surface area contributed by atoms with E-state index in [1.54, 1.807) is 0 Å². The van der Waals surface area contributed by atoms with Gasteiger partial charge in [-0.3, -0.25) is 0 Å². The van der Waals surface area contributed by atoms with Crippen LogP contribution in [0, 0.1) is 5.82 Å². The minimum Gasteiger partial charge on any atom is -0.494 e. The highest BCUT2D eigenvalue weighted by Gasteiger charge is 2.31. The first-order valence-corrected chi connectivity index (χ1v) is 6.98. The van der Waals surface area contributed by atoms with Crippen molar-refractivity contribution in [3.05, 3.63) is 24.0 Å². The molecule has 0 aliphatic carbocycles. The van der Waals surface area contributed by atoms with Crippen LogP contribution < -0.4 is 10.5 Å². The van der Waals surface area contributed by atoms with Gasteiger partial charge >= 0.3 is 0 Å². The molecule has 0 bridgehead atoms. The lowest BCUT2D eigenvalue weighted by Crippen LogP contribution is -2.32. The van der Waals surface area contributed by atoms with E-state index in [1.165, 1.54) is 23.5 Å². The van der Waals surface area contributed by atoms with Crippen LogP contribution in [0.4, 0.5) is 4.39 Å². The fourth-order valence-electron chi connectivity index (χ4n) is 1.93. The summed E-state index contributed by atoms with van der Waals surface area (Å²) < 4.78 is 43.9. The van der Waals surface area contributed by atoms with E-state index >= 15 is 0 Å². The number of hydrogen-bond donors (Lipinski definition) is 1. The lowest BCUT2D eigenvalue weighted by atomic mass is 10.3. The molecule has 0 spiro atoms. The number of sulfonamides is 1. The van der Waals surface area contributed by atoms with Crippen LogP contribution in [0.1, 0.15) is 6.42 Å². The van der Waals surface area contributed by atoms with Crippen LogP contribution in [0.3, 0.4) is 0 Å². The quantitative estimate of drug-likeness (QED) is 0.874. The number of hydrogen-bond acceptors (Lipinski definition) is 4. The van der Waals surface area contributed by atoms with Gasteiger partial charge in [-0.25, -0.2) is 12.8 Å². The highest BCUT2D eigenvalue weighted by molar-refractivity contribution is 7.89. The molecule has 0 amide bonds. The minimum absolute atomic E-state index is 0.0204. The summed E-state index contributed by atoms with van der Waals surface area (Å²) in [5.41, 5.74) is 5.68. The fraction of sp³-hybridized carbons (Fsp3) is 0.455. The van der Waals surface area contributed by atoms with Gasteiger partial charge in [0.05, 0.1) is 12.0 Å². The maximum atomic E-state index is 13.5. The molecule has 18 heavy (non-hydrogen) atoms. The van der Waals surface area contributed by atoms with Gasteiger partial charge in [-0.2, -0.15) is 4.31 Å². The Morgan fingerprint density at radius 2 is 2.22 bits per heavy atom. The van der Waals surface area contributed by atoms with Crippen molar-refractivity contribution >= 4 is 10.0 Å². The van der Waals surface area contributed by atoms with Crippen molar-refractivity contribution in [3.8, 4) is 5.75 Å². The van der Waals surface area contributed by atoms with Crippen LogP contribution in [0.2, 0.25) is 0 Å². The van der Waals surface area contributed by atoms with E-state index in [4.69, 9.17) is 10.5 Å². The third-order valence-corrected chi connectivity index (χ3v) is 4.81. The maximum absolute atomic E-state index is 13.5. The monoisotopic (exact) mass is 274 g/mol. The summed E-state index contributed by atoms with van der Waals surface area (Å²) in [7, 11) is -2.34. The van der Waals surface area contributed by atoms with E-state index in [9.17, 15) is 12.8 Å². The molecular weight excluding hydrogens is 259 g/mol. The molecule has 1 aliphatic rings. The third-order valence-electron chi connectivity index (χ3n) is 2.95. The van der Waals surface area contributed by atoms with Gasteiger partial charge in [-0.1, -0.05) is 0 Å². The molecule has 2 rings (SSSR count). The van der Waals surface area contributed by atoms with Crippen LogP contribution in [-0.2, 0) is 10.0 Å². The topological polar surface area (TPSA) is 72.6 Å². The second kappa shape index (κ2) is 4.83. The predicted molar refractivity (Wildman–Crippen MR) is 64.3 cm³/mol. The van der Waals surface area contributed by atoms with Gasteiger partial charge in [0, 0.05) is 19.1 Å². The molecule has 5 nitrogen and oxygen atoms in total. The number of rotatable bonds is 3. The third kappa shape index (κ3) is 2.33. The highest BCUT2D eigenvalue weighted by atomic mass is 32.2. The van der Waals surface area contributed by atoms with E-state index < -0.39 is 15.8 Å². The van der Waals surface area contributed by atoms with Crippen molar-refractivity contribution in [1.29, 1.82) is 0 Å². The van der Waals surface area contributed by atoms with Gasteiger partial charge in [-0.05, 0) is 24.6 Å². The number of methoxy groups -OCH3 is 1. The lowest BCUT2D eigenvalue weighted by Gasteiger charge is -2.16. The smallest absolute Gasteiger partial charge is 0.243 e. The Balaban J connectivity index is 2.33. The molecule has 0 radical (unpaired) electrons. The van der Waals surface area contributed by atoms with E-state index in [2.05, 4.69) is 0 Å². The van der Waals surface area contributed by atoms with Gasteiger partial charge in [-0.15, -0.1) is 0 Å². The minimum atomic E-state index is -3.66. The van der Waals surface area contributed by atoms with Crippen LogP contribution in [0.25, 0.3) is 0 Å². The summed E-state index contributed by atoms with van der Waals surface area (Å²) in [5.74, 6) is -0.672. The Morgan fingerprint density at radius 1 is 1.50 bits per heavy atom. The van der Waals surface area contributed by atoms with Crippen LogP contribution in [0.15, 0.2) is 23.1 Å². The Labute approximate surface area is 105 Å². The second-order valence-corrected chi connectivity index (χ2v) is 6.15. The molecule has 1 heterocycles. The lowest BCUT2D eigenvalue weighted by molar-refractivity contribution is 0.385. The Bertz CT molecular complexity index is 547. The average Bonchev–Trinajstić information content (AvgIpc) is 2.76. The standard InChI is InChI=1S/C11H15FN2O3S/c1-17-11-3-2-9(6-10(11)12)18(15,16)14-5-4-8(13)7-14/h2-3,6,8H,4-5,7,13H2,1H3. The number of halogens is 1. The molecule has 0 saturated carbocycles. The zero-order valence-electron chi connectivity index (χ0n) is 9.97. The van der Waals surface area contributed by atoms with Crippen LogP contribution >= 0.6 is 0 Å². The molecular formula is C11H15FN2O3S. The van der Waals surface area contributed by atoms with Crippen molar-refractivity contribution < 1.29 is 17.5 Å². The fourth-order valence-corrected chi connectivity index (χ4v) is 3.45. The zero-order chi connectivity index (χ0) is 13.3. The van der Waals surface area contributed by atoms with Crippen LogP contribution in [-0.4, -0.2) is 39.0 Å². The largest absolute Gasteiger partial charge is 0.494 e. The van der Waals surface area contributed by atoms with Gasteiger partial charge in [0.15, 0.2) is 11.6 Å². The van der Waals surface area contributed by atoms with Gasteiger partial charge in [0.2, 0.25) is 10.0 Å². The molecule has 1 unspecified atom stereocenters. The van der Waals surface area contributed by atoms with Gasteiger partial charge in [0.1, 0.15) is 0 Å². The first kappa shape index (κ1) is 13.3. The molecule has 1 atom stereocenters. The SMILES string of the molecule is COc1ccc(S(=O)(=O)N2CCC(N)C2)cc1F. The first-order chi connectivity index (χ1) is 8.45. The Kier molecular flexibility index (Phi) is 3.56. The molecule has 7 heteroatoms. The summed E-state index contributed by atoms with van der Waals surface area (Å²) in [6.45, 7) is 0.646. The van der Waals surface area contributed by atoms with E-state index in [-0.39, 0.29) is 23.2 Å². The van der Waals surface area contributed by atoms with Crippen molar-refractivity contribution in [3.63, 3.8) is 0 Å². The second-order valence-electron chi connectivity index (χ2n) is 4.21. The molecule has 2 N–H and O–H groups in total. The summed E-state index contributed by atoms with van der Waals surface area (Å²) in [4.78, 5) is -0.0742. The summed E-state index contributed by atoms with van der Waals surface area (Å²) in [6, 6.07) is 3.46. The van der Waals surface area contributed by atoms with Crippen LogP contribution in [0.5, 0.6) is 5.75 Å². The molecule has 1 aromatic carbocycles. The highest BCUT2D eigenvalue weighted by Crippen LogP contribution is 2.25. The molecule has 1 saturated heterocycles. The van der Waals surface area contributed by atoms with E-state index in [0.717, 1.165) is 6.07 Å². The van der Waals surface area contributed by atoms with Gasteiger partial charge in [0.25, 0.3) is 0 Å². The Morgan fingerprint density at radius 3 is 2.72 bits per heavy atom. The summed E-state index contributed by atoms with van der Waals surface area (Å²) in [5, 5.41) is 0. The van der Waals surface area contributed by atoms with E-state index in [0.29, 0.717) is 13.0 Å². The molecule has 0 aromatic heterocycles. The van der Waals surface area contributed by atoms with Gasteiger partial charge < -0.3 is 10.5 Å². The number of ether oxygens (including phenoxy) is 1. The molecule has 1 aliphatic heterocycles. The molecule has 1 fully saturated rings. The van der Waals surface area contributed by atoms with Crippen molar-refractivity contribution in [2.24, 2.45) is 5.73 Å². The zero-order valence-corrected chi connectivity index (χ0v) is 10.8. The van der Waals surface area contributed by atoms with Crippen molar-refractivity contribution in [2.45, 2.75) is 17.4 Å². The first-order valence-electron chi connectivity index (χ1n) is 5.54. The molecule has 1 aromatic rings. The van der Waals surface area contributed by atoms with Crippen molar-refractivity contribution in [2.75, 3.05) is 20.2 Å². The van der Waals surface area contributed by atoms with E-state index in [1.807, 2.05) is 0 Å². The number of nitrogens with zero attached hydrogens (tertiary/aromatic N) is 1. The number of nitrogens with two attached hydrogens (primary N) is 1. The Hall–Kier alpha value is -1.18. The predicted octanol–water partition coefficient (Wildman–Crippen LogP) is 0.556. The average molecular weight is 274 g/mol. The maximum Gasteiger partial charge on any atom is 0.243 e. The molecule has 100 valence electrons. The summed E-state index contributed by atoms with van der Waals surface area (Å²) >= 11 is 0. The normalized spacial score (nSPS) is 21.2.